The van der Waals surface area contributed by atoms with E-state index >= 15 is 0 Å². The first-order valence-corrected chi connectivity index (χ1v) is 6.59. The van der Waals surface area contributed by atoms with Crippen molar-refractivity contribution in [2.45, 2.75) is 25.9 Å². The van der Waals surface area contributed by atoms with Crippen molar-refractivity contribution in [3.05, 3.63) is 24.0 Å². The summed E-state index contributed by atoms with van der Waals surface area (Å²) in [6.45, 7) is 4.25. The third-order valence-electron chi connectivity index (χ3n) is 3.26. The molecule has 1 atom stereocenters. The second-order valence-corrected chi connectivity index (χ2v) is 5.06. The number of pyridine rings is 1. The molecule has 1 aliphatic carbocycles. The van der Waals surface area contributed by atoms with Gasteiger partial charge in [-0.3, -0.25) is 4.98 Å². The summed E-state index contributed by atoms with van der Waals surface area (Å²) in [6.07, 6.45) is 3.95. The quantitative estimate of drug-likeness (QED) is 0.752. The largest absolute Gasteiger partial charge is 0.387 e. The highest BCUT2D eigenvalue weighted by Gasteiger charge is 2.20. The minimum Gasteiger partial charge on any atom is -0.387 e. The van der Waals surface area contributed by atoms with E-state index in [0.717, 1.165) is 31.4 Å². The third kappa shape index (κ3) is 3.96. The van der Waals surface area contributed by atoms with Crippen molar-refractivity contribution >= 4 is 5.69 Å². The lowest BCUT2D eigenvalue weighted by molar-refractivity contribution is 0.131. The molecular formula is C14H22N2O2. The fourth-order valence-corrected chi connectivity index (χ4v) is 1.74. The normalized spacial score (nSPS) is 16.6. The van der Waals surface area contributed by atoms with Gasteiger partial charge in [0, 0.05) is 20.2 Å². The predicted octanol–water partition coefficient (Wildman–Crippen LogP) is 2.00. The smallest absolute Gasteiger partial charge is 0.0931 e. The molecule has 1 aliphatic rings. The molecule has 1 fully saturated rings. The van der Waals surface area contributed by atoms with Gasteiger partial charge in [0.2, 0.25) is 0 Å². The Morgan fingerprint density at radius 2 is 2.28 bits per heavy atom. The Kier molecular flexibility index (Phi) is 4.55. The highest BCUT2D eigenvalue weighted by atomic mass is 16.5. The number of aliphatic hydroxyl groups is 1. The zero-order chi connectivity index (χ0) is 13.0. The summed E-state index contributed by atoms with van der Waals surface area (Å²) >= 11 is 0. The summed E-state index contributed by atoms with van der Waals surface area (Å²) in [7, 11) is 2.03. The van der Waals surface area contributed by atoms with Crippen LogP contribution in [-0.4, -0.2) is 36.9 Å². The average Bonchev–Trinajstić information content (AvgIpc) is 3.18. The topological polar surface area (TPSA) is 45.6 Å². The van der Waals surface area contributed by atoms with E-state index in [1.807, 2.05) is 19.2 Å². The Labute approximate surface area is 109 Å². The lowest BCUT2D eigenvalue weighted by Gasteiger charge is -2.19. The maximum atomic E-state index is 9.39. The van der Waals surface area contributed by atoms with Crippen molar-refractivity contribution < 1.29 is 9.84 Å². The van der Waals surface area contributed by atoms with E-state index in [1.54, 1.807) is 13.1 Å². The summed E-state index contributed by atoms with van der Waals surface area (Å²) in [6, 6.07) is 3.84. The van der Waals surface area contributed by atoms with Crippen molar-refractivity contribution in [2.24, 2.45) is 5.92 Å². The average molecular weight is 250 g/mol. The van der Waals surface area contributed by atoms with Gasteiger partial charge >= 0.3 is 0 Å². The number of aromatic nitrogens is 1. The highest BCUT2D eigenvalue weighted by molar-refractivity contribution is 5.43. The summed E-state index contributed by atoms with van der Waals surface area (Å²) in [4.78, 5) is 6.35. The van der Waals surface area contributed by atoms with E-state index in [-0.39, 0.29) is 0 Å². The van der Waals surface area contributed by atoms with Crippen molar-refractivity contribution in [1.82, 2.24) is 4.98 Å². The van der Waals surface area contributed by atoms with Gasteiger partial charge < -0.3 is 14.7 Å². The van der Waals surface area contributed by atoms with Crippen LogP contribution < -0.4 is 4.90 Å². The SMILES string of the molecule is C[C@H](O)c1ccc(N(C)CCOCC2CC2)cn1. The van der Waals surface area contributed by atoms with E-state index in [9.17, 15) is 5.11 Å². The number of aliphatic hydroxyl groups excluding tert-OH is 1. The summed E-state index contributed by atoms with van der Waals surface area (Å²) < 4.78 is 5.61. The van der Waals surface area contributed by atoms with E-state index in [2.05, 4.69) is 9.88 Å². The number of rotatable bonds is 7. The van der Waals surface area contributed by atoms with Crippen LogP contribution in [-0.2, 0) is 4.74 Å². The second-order valence-electron chi connectivity index (χ2n) is 5.06. The molecule has 100 valence electrons. The molecule has 0 saturated heterocycles. The van der Waals surface area contributed by atoms with Gasteiger partial charge in [-0.05, 0) is 37.8 Å². The Bertz CT molecular complexity index is 361. The van der Waals surface area contributed by atoms with Crippen LogP contribution in [0.3, 0.4) is 0 Å². The van der Waals surface area contributed by atoms with Crippen LogP contribution in [0.25, 0.3) is 0 Å². The van der Waals surface area contributed by atoms with Gasteiger partial charge in [-0.15, -0.1) is 0 Å². The molecule has 1 heterocycles. The fourth-order valence-electron chi connectivity index (χ4n) is 1.74. The van der Waals surface area contributed by atoms with Crippen LogP contribution in [0.2, 0.25) is 0 Å². The van der Waals surface area contributed by atoms with Crippen LogP contribution in [0.15, 0.2) is 18.3 Å². The lowest BCUT2D eigenvalue weighted by Crippen LogP contribution is -2.23. The monoisotopic (exact) mass is 250 g/mol. The van der Waals surface area contributed by atoms with Gasteiger partial charge in [-0.25, -0.2) is 0 Å². The molecule has 1 aromatic heterocycles. The molecule has 0 aliphatic heterocycles. The molecule has 2 rings (SSSR count). The van der Waals surface area contributed by atoms with Gasteiger partial charge in [0.15, 0.2) is 0 Å². The summed E-state index contributed by atoms with van der Waals surface area (Å²) in [5, 5.41) is 9.39. The lowest BCUT2D eigenvalue weighted by atomic mass is 10.2. The van der Waals surface area contributed by atoms with Gasteiger partial charge in [0.05, 0.1) is 30.3 Å². The van der Waals surface area contributed by atoms with E-state index < -0.39 is 6.10 Å². The minimum absolute atomic E-state index is 0.508. The van der Waals surface area contributed by atoms with Crippen molar-refractivity contribution in [2.75, 3.05) is 31.7 Å². The van der Waals surface area contributed by atoms with E-state index in [0.29, 0.717) is 5.69 Å². The highest BCUT2D eigenvalue weighted by Crippen LogP contribution is 2.28. The number of likely N-dealkylation sites (N-methyl/N-ethyl adjacent to an activating group) is 1. The van der Waals surface area contributed by atoms with Crippen molar-refractivity contribution in [3.8, 4) is 0 Å². The zero-order valence-corrected chi connectivity index (χ0v) is 11.2. The molecule has 0 radical (unpaired) electrons. The number of nitrogens with zero attached hydrogens (tertiary/aromatic N) is 2. The van der Waals surface area contributed by atoms with Crippen LogP contribution in [0, 0.1) is 5.92 Å². The fraction of sp³-hybridized carbons (Fsp3) is 0.643. The molecule has 1 N–H and O–H groups in total. The Balaban J connectivity index is 1.74. The maximum absolute atomic E-state index is 9.39. The molecule has 1 saturated carbocycles. The zero-order valence-electron chi connectivity index (χ0n) is 11.2. The molecule has 18 heavy (non-hydrogen) atoms. The molecule has 4 heteroatoms. The first-order chi connectivity index (χ1) is 8.66. The molecule has 0 bridgehead atoms. The molecule has 1 aromatic rings. The summed E-state index contributed by atoms with van der Waals surface area (Å²) in [5.74, 6) is 0.822. The first-order valence-electron chi connectivity index (χ1n) is 6.59. The Morgan fingerprint density at radius 3 is 2.83 bits per heavy atom. The third-order valence-corrected chi connectivity index (χ3v) is 3.26. The van der Waals surface area contributed by atoms with E-state index in [4.69, 9.17) is 4.74 Å². The second kappa shape index (κ2) is 6.16. The number of ether oxygens (including phenoxy) is 1. The van der Waals surface area contributed by atoms with E-state index in [1.165, 1.54) is 12.8 Å². The van der Waals surface area contributed by atoms with Crippen LogP contribution in [0.1, 0.15) is 31.6 Å². The molecule has 4 nitrogen and oxygen atoms in total. The van der Waals surface area contributed by atoms with Crippen LogP contribution >= 0.6 is 0 Å². The Morgan fingerprint density at radius 1 is 1.50 bits per heavy atom. The molecule has 0 aromatic carbocycles. The van der Waals surface area contributed by atoms with Gasteiger partial charge in [-0.2, -0.15) is 0 Å². The Hall–Kier alpha value is -1.13. The maximum Gasteiger partial charge on any atom is 0.0931 e. The first kappa shape index (κ1) is 13.3. The molecule has 0 unspecified atom stereocenters. The number of hydrogen-bond donors (Lipinski definition) is 1. The predicted molar refractivity (Wildman–Crippen MR) is 71.7 cm³/mol. The minimum atomic E-state index is -0.508. The van der Waals surface area contributed by atoms with Crippen LogP contribution in [0.4, 0.5) is 5.69 Å². The summed E-state index contributed by atoms with van der Waals surface area (Å²) in [5.41, 5.74) is 1.76. The van der Waals surface area contributed by atoms with Gasteiger partial charge in [-0.1, -0.05) is 0 Å². The number of anilines is 1. The standard InChI is InChI=1S/C14H22N2O2/c1-11(17)14-6-5-13(9-15-14)16(2)7-8-18-10-12-3-4-12/h5-6,9,11-12,17H,3-4,7-8,10H2,1-2H3/t11-/m0/s1. The van der Waals surface area contributed by atoms with Crippen molar-refractivity contribution in [1.29, 1.82) is 0 Å². The van der Waals surface area contributed by atoms with Gasteiger partial charge in [0.1, 0.15) is 0 Å². The molecule has 0 spiro atoms. The number of hydrogen-bond acceptors (Lipinski definition) is 4. The van der Waals surface area contributed by atoms with Gasteiger partial charge in [0.25, 0.3) is 0 Å². The van der Waals surface area contributed by atoms with Crippen molar-refractivity contribution in [3.63, 3.8) is 0 Å². The molecule has 0 amide bonds. The van der Waals surface area contributed by atoms with Crippen LogP contribution in [0.5, 0.6) is 0 Å². The molecular weight excluding hydrogens is 228 g/mol.